The smallest absolute Gasteiger partial charge is 0.317 e. The predicted octanol–water partition coefficient (Wildman–Crippen LogP) is -0.827. The van der Waals surface area contributed by atoms with Gasteiger partial charge < -0.3 is 19.7 Å². The van der Waals surface area contributed by atoms with Crippen molar-refractivity contribution in [3.8, 4) is 0 Å². The van der Waals surface area contributed by atoms with E-state index in [4.69, 9.17) is 9.84 Å². The highest BCUT2D eigenvalue weighted by Crippen LogP contribution is 2.20. The largest absolute Gasteiger partial charge is 0.480 e. The Hall–Kier alpha value is -2.26. The van der Waals surface area contributed by atoms with Gasteiger partial charge in [-0.15, -0.1) is 0 Å². The van der Waals surface area contributed by atoms with E-state index >= 15 is 0 Å². The van der Waals surface area contributed by atoms with Gasteiger partial charge in [0.25, 0.3) is 5.56 Å². The minimum Gasteiger partial charge on any atom is -0.480 e. The number of amides is 1. The molecular formula is C17H24N4O5. The number of hydrogen-bond acceptors (Lipinski definition) is 6. The summed E-state index contributed by atoms with van der Waals surface area (Å²) in [5.41, 5.74) is 0.647. The van der Waals surface area contributed by atoms with E-state index in [0.29, 0.717) is 49.9 Å². The van der Waals surface area contributed by atoms with Crippen molar-refractivity contribution in [3.05, 3.63) is 27.4 Å². The first-order valence-corrected chi connectivity index (χ1v) is 8.71. The van der Waals surface area contributed by atoms with Crippen LogP contribution in [0, 0.1) is 19.8 Å². The van der Waals surface area contributed by atoms with Crippen LogP contribution in [0.5, 0.6) is 0 Å². The highest BCUT2D eigenvalue weighted by molar-refractivity contribution is 5.79. The molecule has 0 spiro atoms. The Labute approximate surface area is 151 Å². The van der Waals surface area contributed by atoms with Crippen LogP contribution in [0.25, 0.3) is 0 Å². The molecular weight excluding hydrogens is 340 g/mol. The summed E-state index contributed by atoms with van der Waals surface area (Å²) in [4.78, 5) is 46.7. The molecule has 142 valence electrons. The van der Waals surface area contributed by atoms with Crippen LogP contribution in [0.3, 0.4) is 0 Å². The molecule has 1 aromatic heterocycles. The lowest BCUT2D eigenvalue weighted by atomic mass is 10.1. The average molecular weight is 364 g/mol. The molecule has 0 saturated carbocycles. The van der Waals surface area contributed by atoms with Crippen molar-refractivity contribution in [1.82, 2.24) is 19.8 Å². The van der Waals surface area contributed by atoms with Crippen LogP contribution >= 0.6 is 0 Å². The predicted molar refractivity (Wildman–Crippen MR) is 91.9 cm³/mol. The molecule has 2 aliphatic heterocycles. The zero-order valence-corrected chi connectivity index (χ0v) is 15.0. The van der Waals surface area contributed by atoms with Gasteiger partial charge in [-0.3, -0.25) is 19.3 Å². The van der Waals surface area contributed by atoms with Gasteiger partial charge in [0, 0.05) is 36.8 Å². The zero-order chi connectivity index (χ0) is 18.8. The fourth-order valence-corrected chi connectivity index (χ4v) is 3.78. The number of aryl methyl sites for hydroxylation is 2. The van der Waals surface area contributed by atoms with E-state index in [1.807, 2.05) is 4.90 Å². The van der Waals surface area contributed by atoms with Crippen molar-refractivity contribution in [2.45, 2.75) is 26.3 Å². The lowest BCUT2D eigenvalue weighted by Gasteiger charge is -2.30. The van der Waals surface area contributed by atoms with Crippen LogP contribution in [0.4, 0.5) is 0 Å². The van der Waals surface area contributed by atoms with Crippen LogP contribution in [0.1, 0.15) is 17.1 Å². The van der Waals surface area contributed by atoms with E-state index in [2.05, 4.69) is 9.97 Å². The summed E-state index contributed by atoms with van der Waals surface area (Å²) in [6.45, 7) is 5.80. The van der Waals surface area contributed by atoms with E-state index < -0.39 is 5.97 Å². The topological polar surface area (TPSA) is 116 Å². The molecule has 0 aromatic carbocycles. The Morgan fingerprint density at radius 3 is 2.73 bits per heavy atom. The van der Waals surface area contributed by atoms with Gasteiger partial charge in [-0.05, 0) is 13.8 Å². The number of carboxylic acids is 1. The number of nitrogens with one attached hydrogen (secondary N) is 1. The number of H-pyrrole nitrogens is 1. The number of aromatic amines is 1. The lowest BCUT2D eigenvalue weighted by Crippen LogP contribution is -2.48. The molecule has 3 rings (SSSR count). The first-order valence-electron chi connectivity index (χ1n) is 8.71. The van der Waals surface area contributed by atoms with Crippen molar-refractivity contribution in [3.63, 3.8) is 0 Å². The summed E-state index contributed by atoms with van der Waals surface area (Å²) in [7, 11) is 0. The third-order valence-corrected chi connectivity index (χ3v) is 4.89. The third-order valence-electron chi connectivity index (χ3n) is 4.89. The molecule has 2 N–H and O–H groups in total. The van der Waals surface area contributed by atoms with Crippen molar-refractivity contribution in [1.29, 1.82) is 0 Å². The Morgan fingerprint density at radius 1 is 1.27 bits per heavy atom. The Morgan fingerprint density at radius 2 is 2.04 bits per heavy atom. The van der Waals surface area contributed by atoms with Crippen molar-refractivity contribution in [2.75, 3.05) is 39.4 Å². The summed E-state index contributed by atoms with van der Waals surface area (Å²) < 4.78 is 5.66. The Kier molecular flexibility index (Phi) is 5.38. The SMILES string of the molecule is Cc1nc(C)c(CC(=O)N2C[C@H]3COC[C@@H]2CN(CC(=O)O)C3)c(=O)[nH]1. The lowest BCUT2D eigenvalue weighted by molar-refractivity contribution is -0.138. The van der Waals surface area contributed by atoms with Crippen LogP contribution in [0.15, 0.2) is 4.79 Å². The molecule has 0 aliphatic carbocycles. The minimum absolute atomic E-state index is 0.0173. The second kappa shape index (κ2) is 7.55. The van der Waals surface area contributed by atoms with Gasteiger partial charge in [0.05, 0.1) is 32.2 Å². The van der Waals surface area contributed by atoms with Gasteiger partial charge in [-0.2, -0.15) is 0 Å². The number of carboxylic acid groups (broad SMARTS) is 1. The molecule has 2 atom stereocenters. The summed E-state index contributed by atoms with van der Waals surface area (Å²) in [5, 5.41) is 9.08. The molecule has 3 heterocycles. The molecule has 0 radical (unpaired) electrons. The molecule has 2 saturated heterocycles. The number of rotatable bonds is 4. The number of aromatic nitrogens is 2. The molecule has 9 nitrogen and oxygen atoms in total. The summed E-state index contributed by atoms with van der Waals surface area (Å²) >= 11 is 0. The maximum atomic E-state index is 12.9. The van der Waals surface area contributed by atoms with Crippen molar-refractivity contribution in [2.24, 2.45) is 5.92 Å². The molecule has 1 amide bonds. The highest BCUT2D eigenvalue weighted by atomic mass is 16.5. The number of carbonyl (C=O) groups is 2. The average Bonchev–Trinajstić information content (AvgIpc) is 2.80. The van der Waals surface area contributed by atoms with Gasteiger partial charge >= 0.3 is 5.97 Å². The number of aliphatic carboxylic acids is 1. The summed E-state index contributed by atoms with van der Waals surface area (Å²) in [6, 6.07) is -0.216. The maximum Gasteiger partial charge on any atom is 0.317 e. The van der Waals surface area contributed by atoms with E-state index in [0.717, 1.165) is 0 Å². The fourth-order valence-electron chi connectivity index (χ4n) is 3.78. The standard InChI is InChI=1S/C17H24N4O5/c1-10-14(17(25)19-11(2)18-10)3-15(22)21-5-12-4-20(7-16(23)24)6-13(21)9-26-8-12/h12-13H,3-9H2,1-2H3,(H,23,24)(H,18,19,25)/t12-,13-/m0/s1. The third kappa shape index (κ3) is 4.10. The van der Waals surface area contributed by atoms with E-state index in [9.17, 15) is 14.4 Å². The van der Waals surface area contributed by atoms with E-state index in [1.165, 1.54) is 0 Å². The number of nitrogens with zero attached hydrogens (tertiary/aromatic N) is 3. The first-order chi connectivity index (χ1) is 12.3. The molecule has 2 fully saturated rings. The van der Waals surface area contributed by atoms with Crippen molar-refractivity contribution < 1.29 is 19.4 Å². The van der Waals surface area contributed by atoms with Gasteiger partial charge in [-0.25, -0.2) is 4.98 Å². The quantitative estimate of drug-likeness (QED) is 0.716. The molecule has 0 unspecified atom stereocenters. The maximum absolute atomic E-state index is 12.9. The first kappa shape index (κ1) is 18.5. The van der Waals surface area contributed by atoms with Gasteiger partial charge in [-0.1, -0.05) is 0 Å². The van der Waals surface area contributed by atoms with Crippen LogP contribution < -0.4 is 5.56 Å². The second-order valence-corrected chi connectivity index (χ2v) is 7.08. The summed E-state index contributed by atoms with van der Waals surface area (Å²) in [5.74, 6) is -0.452. The van der Waals surface area contributed by atoms with Gasteiger partial charge in [0.1, 0.15) is 5.82 Å². The van der Waals surface area contributed by atoms with Gasteiger partial charge in [0.15, 0.2) is 0 Å². The van der Waals surface area contributed by atoms with E-state index in [1.54, 1.807) is 18.7 Å². The number of ether oxygens (including phenoxy) is 1. The number of hydrogen-bond donors (Lipinski definition) is 2. The normalized spacial score (nSPS) is 23.5. The molecule has 2 bridgehead atoms. The van der Waals surface area contributed by atoms with Crippen LogP contribution in [-0.2, 0) is 20.7 Å². The molecule has 26 heavy (non-hydrogen) atoms. The number of fused-ring (bicyclic) bond motifs is 3. The summed E-state index contributed by atoms with van der Waals surface area (Å²) in [6.07, 6.45) is -0.0173. The molecule has 2 aliphatic rings. The minimum atomic E-state index is -0.878. The van der Waals surface area contributed by atoms with Crippen molar-refractivity contribution >= 4 is 11.9 Å². The second-order valence-electron chi connectivity index (χ2n) is 7.08. The Bertz CT molecular complexity index is 762. The fraction of sp³-hybridized carbons (Fsp3) is 0.647. The molecule has 9 heteroatoms. The Balaban J connectivity index is 1.79. The van der Waals surface area contributed by atoms with Gasteiger partial charge in [0.2, 0.25) is 5.91 Å². The van der Waals surface area contributed by atoms with Crippen LogP contribution in [0.2, 0.25) is 0 Å². The van der Waals surface area contributed by atoms with E-state index in [-0.39, 0.29) is 36.4 Å². The monoisotopic (exact) mass is 364 g/mol. The van der Waals surface area contributed by atoms with Crippen LogP contribution in [-0.4, -0.2) is 82.2 Å². The zero-order valence-electron chi connectivity index (χ0n) is 15.0. The molecule has 1 aromatic rings. The number of carbonyl (C=O) groups excluding carboxylic acids is 1. The highest BCUT2D eigenvalue weighted by Gasteiger charge is 2.36.